The number of hydrogen-bond donors (Lipinski definition) is 1. The van der Waals surface area contributed by atoms with Gasteiger partial charge in [-0.1, -0.05) is 0 Å². The number of methoxy groups -OCH3 is 1. The van der Waals surface area contributed by atoms with Crippen LogP contribution < -0.4 is 4.74 Å². The average molecular weight is 345 g/mol. The fourth-order valence-corrected chi connectivity index (χ4v) is 2.85. The lowest BCUT2D eigenvalue weighted by atomic mass is 10.1. The number of esters is 1. The Balaban J connectivity index is 2.22. The molecule has 3 rings (SSSR count). The van der Waals surface area contributed by atoms with Gasteiger partial charge in [0.15, 0.2) is 5.69 Å². The zero-order valence-corrected chi connectivity index (χ0v) is 14.1. The third-order valence-electron chi connectivity index (χ3n) is 3.81. The normalized spacial score (nSPS) is 11.2. The summed E-state index contributed by atoms with van der Waals surface area (Å²) in [6.45, 7) is 1.65. The Hall–Kier alpha value is -2.67. The quantitative estimate of drug-likeness (QED) is 0.665. The number of pyridine rings is 1. The second-order valence-electron chi connectivity index (χ2n) is 5.40. The minimum atomic E-state index is -0.558. The Morgan fingerprint density at radius 3 is 2.88 bits per heavy atom. The van der Waals surface area contributed by atoms with Crippen molar-refractivity contribution in [2.45, 2.75) is 13.5 Å². The van der Waals surface area contributed by atoms with E-state index in [0.29, 0.717) is 11.3 Å². The number of H-pyrrole nitrogens is 1. The molecule has 0 fully saturated rings. The first-order valence-corrected chi connectivity index (χ1v) is 7.97. The minimum Gasteiger partial charge on any atom is -0.491 e. The lowest BCUT2D eigenvalue weighted by Crippen LogP contribution is -2.11. The molecule has 0 aliphatic rings. The fourth-order valence-electron chi connectivity index (χ4n) is 2.85. The first-order chi connectivity index (χ1) is 12.2. The van der Waals surface area contributed by atoms with Gasteiger partial charge in [-0.2, -0.15) is 0 Å². The van der Waals surface area contributed by atoms with Crippen LogP contribution in [0.5, 0.6) is 5.75 Å². The van der Waals surface area contributed by atoms with E-state index < -0.39 is 12.6 Å². The number of nitrogens with zero attached hydrogens (tertiary/aromatic N) is 1. The number of rotatable bonds is 7. The average Bonchev–Trinajstić information content (AvgIpc) is 2.98. The number of fused-ring (bicyclic) bond motifs is 3. The van der Waals surface area contributed by atoms with Crippen molar-refractivity contribution in [1.82, 2.24) is 9.97 Å². The van der Waals surface area contributed by atoms with Gasteiger partial charge in [-0.05, 0) is 25.1 Å². The molecule has 0 saturated carbocycles. The maximum atomic E-state index is 12.4. The van der Waals surface area contributed by atoms with Crippen molar-refractivity contribution in [3.8, 4) is 5.75 Å². The molecule has 3 aromatic rings. The monoisotopic (exact) mass is 345 g/mol. The van der Waals surface area contributed by atoms with Gasteiger partial charge < -0.3 is 19.2 Å². The van der Waals surface area contributed by atoms with Gasteiger partial charge >= 0.3 is 5.97 Å². The first-order valence-electron chi connectivity index (χ1n) is 7.97. The molecular weight excluding hydrogens is 326 g/mol. The van der Waals surface area contributed by atoms with Crippen LogP contribution in [0.15, 0.2) is 24.4 Å². The fraction of sp³-hybridized carbons (Fsp3) is 0.333. The summed E-state index contributed by atoms with van der Waals surface area (Å²) < 4.78 is 28.1. The Morgan fingerprint density at radius 2 is 2.16 bits per heavy atom. The SMILES string of the molecule is CCOC(=O)c1ncc2[nH]c3ccc(OCC[18F])cc3c2c1COC. The topological polar surface area (TPSA) is 73.4 Å². The first kappa shape index (κ1) is 17.2. The second kappa shape index (κ2) is 7.48. The lowest BCUT2D eigenvalue weighted by molar-refractivity contribution is 0.0514. The number of aromatic nitrogens is 2. The van der Waals surface area contributed by atoms with Gasteiger partial charge in [0.05, 0.1) is 24.9 Å². The second-order valence-corrected chi connectivity index (χ2v) is 5.40. The minimum absolute atomic E-state index is 0.00553. The van der Waals surface area contributed by atoms with Crippen LogP contribution in [0.3, 0.4) is 0 Å². The van der Waals surface area contributed by atoms with Crippen molar-refractivity contribution in [3.63, 3.8) is 0 Å². The third kappa shape index (κ3) is 3.28. The maximum absolute atomic E-state index is 12.4. The summed E-state index contributed by atoms with van der Waals surface area (Å²) in [7, 11) is 1.55. The standard InChI is InChI=1S/C18H19FN2O4/c1-3-24-18(22)17-13(10-23-2)16-12-8-11(25-7-6-19)4-5-14(12)21-15(16)9-20-17/h4-5,8-9,21H,3,6-7,10H2,1-2H3/i19-1. The smallest absolute Gasteiger partial charge is 0.357 e. The van der Waals surface area contributed by atoms with Crippen molar-refractivity contribution < 1.29 is 23.4 Å². The predicted molar refractivity (Wildman–Crippen MR) is 91.7 cm³/mol. The van der Waals surface area contributed by atoms with Crippen LogP contribution >= 0.6 is 0 Å². The zero-order valence-electron chi connectivity index (χ0n) is 14.1. The molecule has 0 saturated heterocycles. The maximum Gasteiger partial charge on any atom is 0.357 e. The Bertz CT molecular complexity index is 907. The summed E-state index contributed by atoms with van der Waals surface area (Å²) in [4.78, 5) is 19.7. The molecule has 0 spiro atoms. The summed E-state index contributed by atoms with van der Waals surface area (Å²) >= 11 is 0. The van der Waals surface area contributed by atoms with E-state index in [1.54, 1.807) is 26.3 Å². The molecule has 0 atom stereocenters. The van der Waals surface area contributed by atoms with Crippen LogP contribution in [0.25, 0.3) is 21.8 Å². The van der Waals surface area contributed by atoms with Crippen molar-refractivity contribution >= 4 is 27.8 Å². The summed E-state index contributed by atoms with van der Waals surface area (Å²) in [5, 5.41) is 1.67. The van der Waals surface area contributed by atoms with Crippen LogP contribution in [-0.4, -0.2) is 42.9 Å². The van der Waals surface area contributed by atoms with E-state index in [-0.39, 0.29) is 25.5 Å². The Labute approximate surface area is 143 Å². The third-order valence-corrected chi connectivity index (χ3v) is 3.81. The molecule has 2 aromatic heterocycles. The van der Waals surface area contributed by atoms with E-state index in [9.17, 15) is 9.18 Å². The van der Waals surface area contributed by atoms with Gasteiger partial charge in [-0.3, -0.25) is 0 Å². The van der Waals surface area contributed by atoms with E-state index in [2.05, 4.69) is 9.97 Å². The van der Waals surface area contributed by atoms with Gasteiger partial charge in [0.1, 0.15) is 19.0 Å². The molecule has 6 nitrogen and oxygen atoms in total. The number of carbonyl (C=O) groups is 1. The van der Waals surface area contributed by atoms with Gasteiger partial charge in [-0.15, -0.1) is 0 Å². The van der Waals surface area contributed by atoms with Crippen LogP contribution in [0.1, 0.15) is 23.0 Å². The number of halogens is 1. The number of carbonyl (C=O) groups excluding carboxylic acids is 1. The number of aromatic amines is 1. The summed E-state index contributed by atoms with van der Waals surface area (Å²) in [5.74, 6) is 0.0690. The Kier molecular flexibility index (Phi) is 5.14. The summed E-state index contributed by atoms with van der Waals surface area (Å²) in [6.07, 6.45) is 1.60. The highest BCUT2D eigenvalue weighted by molar-refractivity contribution is 6.11. The number of ether oxygens (including phenoxy) is 3. The molecule has 0 bridgehead atoms. The molecule has 1 aromatic carbocycles. The molecule has 0 amide bonds. The molecular formula is C18H19FN2O4. The van der Waals surface area contributed by atoms with E-state index in [4.69, 9.17) is 14.2 Å². The van der Waals surface area contributed by atoms with Crippen LogP contribution in [0, 0.1) is 0 Å². The van der Waals surface area contributed by atoms with Gasteiger partial charge in [0.2, 0.25) is 0 Å². The number of benzene rings is 1. The number of hydrogen-bond acceptors (Lipinski definition) is 5. The molecule has 25 heavy (non-hydrogen) atoms. The molecule has 1 N–H and O–H groups in total. The lowest BCUT2D eigenvalue weighted by Gasteiger charge is -2.09. The number of alkyl halides is 1. The van der Waals surface area contributed by atoms with E-state index >= 15 is 0 Å². The predicted octanol–water partition coefficient (Wildman–Crippen LogP) is 3.39. The van der Waals surface area contributed by atoms with E-state index in [1.807, 2.05) is 12.1 Å². The summed E-state index contributed by atoms with van der Waals surface area (Å²) in [6, 6.07) is 5.44. The molecule has 7 heteroatoms. The van der Waals surface area contributed by atoms with E-state index in [0.717, 1.165) is 21.8 Å². The van der Waals surface area contributed by atoms with Crippen LogP contribution in [0.4, 0.5) is 4.39 Å². The van der Waals surface area contributed by atoms with E-state index in [1.165, 1.54) is 0 Å². The number of nitrogens with one attached hydrogen (secondary N) is 1. The highest BCUT2D eigenvalue weighted by Gasteiger charge is 2.20. The van der Waals surface area contributed by atoms with Crippen molar-refractivity contribution in [3.05, 3.63) is 35.7 Å². The van der Waals surface area contributed by atoms with Crippen molar-refractivity contribution in [2.24, 2.45) is 0 Å². The molecule has 0 aliphatic carbocycles. The molecule has 2 heterocycles. The highest BCUT2D eigenvalue weighted by Crippen LogP contribution is 2.32. The Morgan fingerprint density at radius 1 is 1.32 bits per heavy atom. The van der Waals surface area contributed by atoms with Gasteiger partial charge in [0, 0.05) is 29.0 Å². The largest absolute Gasteiger partial charge is 0.491 e. The van der Waals surface area contributed by atoms with Crippen LogP contribution in [0.2, 0.25) is 0 Å². The zero-order chi connectivity index (χ0) is 17.8. The molecule has 0 aliphatic heterocycles. The molecule has 132 valence electrons. The van der Waals surface area contributed by atoms with Crippen molar-refractivity contribution in [1.29, 1.82) is 0 Å². The van der Waals surface area contributed by atoms with Crippen LogP contribution in [-0.2, 0) is 16.1 Å². The highest BCUT2D eigenvalue weighted by atomic mass is 18.2. The molecule has 0 radical (unpaired) electrons. The molecule has 0 unspecified atom stereocenters. The van der Waals surface area contributed by atoms with Gasteiger partial charge in [0.25, 0.3) is 0 Å². The van der Waals surface area contributed by atoms with Crippen molar-refractivity contribution in [2.75, 3.05) is 27.0 Å². The van der Waals surface area contributed by atoms with Gasteiger partial charge in [-0.25, -0.2) is 14.2 Å². The summed E-state index contributed by atoms with van der Waals surface area (Å²) in [5.41, 5.74) is 2.51.